The molecular formula is C17H21N3O2. The molecule has 0 unspecified atom stereocenters. The number of nitrogens with one attached hydrogen (secondary N) is 2. The molecule has 0 radical (unpaired) electrons. The topological polar surface area (TPSA) is 63.2 Å². The van der Waals surface area contributed by atoms with Crippen molar-refractivity contribution in [2.24, 2.45) is 0 Å². The molecule has 0 aliphatic rings. The number of anilines is 1. The van der Waals surface area contributed by atoms with Crippen LogP contribution in [0.5, 0.6) is 5.75 Å². The van der Waals surface area contributed by atoms with E-state index in [1.807, 2.05) is 44.2 Å². The van der Waals surface area contributed by atoms with Crippen LogP contribution in [0.1, 0.15) is 11.1 Å². The number of pyridine rings is 1. The molecule has 0 aliphatic carbocycles. The van der Waals surface area contributed by atoms with E-state index in [1.165, 1.54) is 0 Å². The molecule has 0 spiro atoms. The van der Waals surface area contributed by atoms with Gasteiger partial charge in [-0.25, -0.2) is 0 Å². The highest BCUT2D eigenvalue weighted by molar-refractivity contribution is 5.77. The van der Waals surface area contributed by atoms with Gasteiger partial charge in [0.2, 0.25) is 0 Å². The van der Waals surface area contributed by atoms with Crippen molar-refractivity contribution in [2.75, 3.05) is 25.0 Å². The number of carbonyl (C=O) groups excluding carboxylic acids is 1. The lowest BCUT2D eigenvalue weighted by atomic mass is 10.1. The van der Waals surface area contributed by atoms with Crippen molar-refractivity contribution in [3.63, 3.8) is 0 Å². The molecule has 0 saturated carbocycles. The van der Waals surface area contributed by atoms with Crippen LogP contribution in [0.2, 0.25) is 0 Å². The highest BCUT2D eigenvalue weighted by atomic mass is 16.5. The summed E-state index contributed by atoms with van der Waals surface area (Å²) >= 11 is 0. The Morgan fingerprint density at radius 2 is 1.77 bits per heavy atom. The SMILES string of the molecule is Cc1cccc(C)c1OCC(=O)NCCNc1ccncc1. The number of hydrogen-bond donors (Lipinski definition) is 2. The highest BCUT2D eigenvalue weighted by Crippen LogP contribution is 2.21. The van der Waals surface area contributed by atoms with E-state index in [-0.39, 0.29) is 12.5 Å². The molecule has 116 valence electrons. The van der Waals surface area contributed by atoms with Gasteiger partial charge >= 0.3 is 0 Å². The first-order chi connectivity index (χ1) is 10.7. The van der Waals surface area contributed by atoms with Crippen molar-refractivity contribution in [2.45, 2.75) is 13.8 Å². The predicted molar refractivity (Wildman–Crippen MR) is 87.1 cm³/mol. The summed E-state index contributed by atoms with van der Waals surface area (Å²) in [4.78, 5) is 15.7. The average molecular weight is 299 g/mol. The maximum Gasteiger partial charge on any atom is 0.258 e. The third-order valence-corrected chi connectivity index (χ3v) is 3.21. The fourth-order valence-corrected chi connectivity index (χ4v) is 2.09. The molecular weight excluding hydrogens is 278 g/mol. The number of nitrogens with zero attached hydrogens (tertiary/aromatic N) is 1. The first kappa shape index (κ1) is 15.8. The molecule has 1 aromatic carbocycles. The van der Waals surface area contributed by atoms with Crippen LogP contribution in [0, 0.1) is 13.8 Å². The number of aromatic nitrogens is 1. The first-order valence-corrected chi connectivity index (χ1v) is 7.26. The Morgan fingerprint density at radius 1 is 1.09 bits per heavy atom. The second-order valence-electron chi connectivity index (χ2n) is 5.02. The Hall–Kier alpha value is -2.56. The van der Waals surface area contributed by atoms with Crippen molar-refractivity contribution in [1.82, 2.24) is 10.3 Å². The Labute approximate surface area is 130 Å². The van der Waals surface area contributed by atoms with Gasteiger partial charge in [0.15, 0.2) is 6.61 Å². The van der Waals surface area contributed by atoms with Crippen LogP contribution in [-0.4, -0.2) is 30.6 Å². The molecule has 0 bridgehead atoms. The standard InChI is InChI=1S/C17H21N3O2/c1-13-4-3-5-14(2)17(13)22-12-16(21)20-11-10-19-15-6-8-18-9-7-15/h3-9H,10-12H2,1-2H3,(H,18,19)(H,20,21). The summed E-state index contributed by atoms with van der Waals surface area (Å²) in [6.45, 7) is 5.16. The zero-order valence-corrected chi connectivity index (χ0v) is 12.9. The minimum Gasteiger partial charge on any atom is -0.483 e. The van der Waals surface area contributed by atoms with Gasteiger partial charge in [0.05, 0.1) is 0 Å². The van der Waals surface area contributed by atoms with Crippen molar-refractivity contribution in [3.05, 3.63) is 53.9 Å². The summed E-state index contributed by atoms with van der Waals surface area (Å²) in [6.07, 6.45) is 3.44. The molecule has 2 aromatic rings. The summed E-state index contributed by atoms with van der Waals surface area (Å²) in [5.41, 5.74) is 3.05. The number of rotatable bonds is 7. The number of hydrogen-bond acceptors (Lipinski definition) is 4. The van der Waals surface area contributed by atoms with Crippen molar-refractivity contribution in [3.8, 4) is 5.75 Å². The van der Waals surface area contributed by atoms with E-state index in [2.05, 4.69) is 15.6 Å². The molecule has 5 heteroatoms. The van der Waals surface area contributed by atoms with E-state index < -0.39 is 0 Å². The molecule has 1 amide bonds. The number of benzene rings is 1. The van der Waals surface area contributed by atoms with Crippen LogP contribution in [-0.2, 0) is 4.79 Å². The monoisotopic (exact) mass is 299 g/mol. The van der Waals surface area contributed by atoms with E-state index in [1.54, 1.807) is 12.4 Å². The number of aryl methyl sites for hydroxylation is 2. The van der Waals surface area contributed by atoms with E-state index in [4.69, 9.17) is 4.74 Å². The third kappa shape index (κ3) is 4.77. The van der Waals surface area contributed by atoms with Crippen LogP contribution in [0.4, 0.5) is 5.69 Å². The molecule has 1 aromatic heterocycles. The summed E-state index contributed by atoms with van der Waals surface area (Å²) in [5, 5.41) is 6.02. The zero-order chi connectivity index (χ0) is 15.8. The van der Waals surface area contributed by atoms with E-state index in [0.717, 1.165) is 22.6 Å². The van der Waals surface area contributed by atoms with Crippen molar-refractivity contribution in [1.29, 1.82) is 0 Å². The smallest absolute Gasteiger partial charge is 0.258 e. The number of para-hydroxylation sites is 1. The van der Waals surface area contributed by atoms with Gasteiger partial charge in [0, 0.05) is 31.2 Å². The van der Waals surface area contributed by atoms with Crippen LogP contribution in [0.3, 0.4) is 0 Å². The van der Waals surface area contributed by atoms with Crippen LogP contribution >= 0.6 is 0 Å². The summed E-state index contributed by atoms with van der Waals surface area (Å²) < 4.78 is 5.60. The third-order valence-electron chi connectivity index (χ3n) is 3.21. The van der Waals surface area contributed by atoms with Gasteiger partial charge in [-0.2, -0.15) is 0 Å². The fraction of sp³-hybridized carbons (Fsp3) is 0.294. The minimum absolute atomic E-state index is 0.0287. The second-order valence-corrected chi connectivity index (χ2v) is 5.02. The van der Waals surface area contributed by atoms with Gasteiger partial charge in [-0.15, -0.1) is 0 Å². The van der Waals surface area contributed by atoms with Crippen LogP contribution in [0.25, 0.3) is 0 Å². The lowest BCUT2D eigenvalue weighted by Gasteiger charge is -2.12. The highest BCUT2D eigenvalue weighted by Gasteiger charge is 2.06. The lowest BCUT2D eigenvalue weighted by Crippen LogP contribution is -2.32. The molecule has 22 heavy (non-hydrogen) atoms. The quantitative estimate of drug-likeness (QED) is 0.770. The van der Waals surface area contributed by atoms with Crippen molar-refractivity contribution >= 4 is 11.6 Å². The Kier molecular flexibility index (Phi) is 5.77. The molecule has 0 aliphatic heterocycles. The molecule has 2 rings (SSSR count). The minimum atomic E-state index is -0.126. The Morgan fingerprint density at radius 3 is 2.45 bits per heavy atom. The van der Waals surface area contributed by atoms with Crippen LogP contribution in [0.15, 0.2) is 42.7 Å². The van der Waals surface area contributed by atoms with Crippen molar-refractivity contribution < 1.29 is 9.53 Å². The number of ether oxygens (including phenoxy) is 1. The van der Waals surface area contributed by atoms with E-state index in [9.17, 15) is 4.79 Å². The molecule has 2 N–H and O–H groups in total. The summed E-state index contributed by atoms with van der Waals surface area (Å²) in [7, 11) is 0. The number of carbonyl (C=O) groups is 1. The molecule has 0 atom stereocenters. The maximum absolute atomic E-state index is 11.8. The zero-order valence-electron chi connectivity index (χ0n) is 12.9. The summed E-state index contributed by atoms with van der Waals surface area (Å²) in [6, 6.07) is 9.68. The predicted octanol–water partition coefficient (Wildman–Crippen LogP) is 2.31. The molecule has 0 saturated heterocycles. The first-order valence-electron chi connectivity index (χ1n) is 7.26. The van der Waals surface area contributed by atoms with Gasteiger partial charge in [-0.05, 0) is 37.1 Å². The molecule has 5 nitrogen and oxygen atoms in total. The Bertz CT molecular complexity index is 594. The lowest BCUT2D eigenvalue weighted by molar-refractivity contribution is -0.123. The van der Waals surface area contributed by atoms with Crippen LogP contribution < -0.4 is 15.4 Å². The fourth-order valence-electron chi connectivity index (χ4n) is 2.09. The molecule has 1 heterocycles. The van der Waals surface area contributed by atoms with E-state index in [0.29, 0.717) is 13.1 Å². The average Bonchev–Trinajstić information content (AvgIpc) is 2.52. The van der Waals surface area contributed by atoms with Gasteiger partial charge in [-0.1, -0.05) is 18.2 Å². The second kappa shape index (κ2) is 8.02. The normalized spacial score (nSPS) is 10.1. The largest absolute Gasteiger partial charge is 0.483 e. The summed E-state index contributed by atoms with van der Waals surface area (Å²) in [5.74, 6) is 0.659. The molecule has 0 fully saturated rings. The number of amides is 1. The van der Waals surface area contributed by atoms with Gasteiger partial charge in [0.25, 0.3) is 5.91 Å². The van der Waals surface area contributed by atoms with Gasteiger partial charge in [0.1, 0.15) is 5.75 Å². The van der Waals surface area contributed by atoms with Gasteiger partial charge in [-0.3, -0.25) is 9.78 Å². The van der Waals surface area contributed by atoms with E-state index >= 15 is 0 Å². The maximum atomic E-state index is 11.8. The van der Waals surface area contributed by atoms with Gasteiger partial charge < -0.3 is 15.4 Å². The Balaban J connectivity index is 1.68.